The minimum absolute atomic E-state index is 0.0637. The normalized spacial score (nSPS) is 11.6. The Labute approximate surface area is 205 Å². The molecule has 0 saturated heterocycles. The number of fused-ring (bicyclic) bond motifs is 3. The van der Waals surface area contributed by atoms with Gasteiger partial charge in [0, 0.05) is 29.8 Å². The van der Waals surface area contributed by atoms with Crippen LogP contribution in [0.3, 0.4) is 0 Å². The highest BCUT2D eigenvalue weighted by atomic mass is 35.5. The van der Waals surface area contributed by atoms with E-state index in [9.17, 15) is 9.90 Å². The van der Waals surface area contributed by atoms with Crippen molar-refractivity contribution < 1.29 is 5.11 Å². The predicted octanol–water partition coefficient (Wildman–Crippen LogP) is 2.08. The van der Waals surface area contributed by atoms with Gasteiger partial charge in [-0.15, -0.1) is 10.2 Å². The lowest BCUT2D eigenvalue weighted by Crippen LogP contribution is -2.21. The summed E-state index contributed by atoms with van der Waals surface area (Å²) >= 11 is 6.12. The fourth-order valence-corrected chi connectivity index (χ4v) is 4.60. The van der Waals surface area contributed by atoms with E-state index < -0.39 is 0 Å². The Balaban J connectivity index is 1.53. The van der Waals surface area contributed by atoms with Crippen LogP contribution in [0.5, 0.6) is 0 Å². The lowest BCUT2D eigenvalue weighted by atomic mass is 9.98. The highest BCUT2D eigenvalue weighted by molar-refractivity contribution is 6.29. The molecule has 0 aliphatic carbocycles. The minimum atomic E-state index is -0.0944. The third-order valence-corrected chi connectivity index (χ3v) is 6.11. The lowest BCUT2D eigenvalue weighted by molar-refractivity contribution is 0.271. The van der Waals surface area contributed by atoms with E-state index in [0.717, 1.165) is 27.6 Å². The van der Waals surface area contributed by atoms with Gasteiger partial charge in [0.15, 0.2) is 0 Å². The molecule has 180 valence electrons. The number of anilines is 1. The van der Waals surface area contributed by atoms with Crippen molar-refractivity contribution in [2.45, 2.75) is 19.9 Å². The number of aryl methyl sites for hydroxylation is 3. The molecule has 0 bridgehead atoms. The maximum absolute atomic E-state index is 13.2. The first-order valence-corrected chi connectivity index (χ1v) is 11.5. The van der Waals surface area contributed by atoms with Crippen LogP contribution in [0.15, 0.2) is 35.3 Å². The molecule has 0 atom stereocenters. The average molecular weight is 494 g/mol. The van der Waals surface area contributed by atoms with Crippen LogP contribution in [0, 0.1) is 6.92 Å². The minimum Gasteiger partial charge on any atom is -0.394 e. The smallest absolute Gasteiger partial charge is 0.259 e. The molecule has 5 rings (SSSR count). The molecule has 0 radical (unpaired) electrons. The predicted molar refractivity (Wildman–Crippen MR) is 134 cm³/mol. The highest BCUT2D eigenvalue weighted by Crippen LogP contribution is 2.29. The Kier molecular flexibility index (Phi) is 5.95. The molecule has 2 N–H and O–H groups in total. The summed E-state index contributed by atoms with van der Waals surface area (Å²) in [7, 11) is 3.42. The van der Waals surface area contributed by atoms with Crippen molar-refractivity contribution in [3.05, 3.63) is 57.1 Å². The first-order valence-electron chi connectivity index (χ1n) is 11.1. The van der Waals surface area contributed by atoms with Crippen molar-refractivity contribution in [3.63, 3.8) is 0 Å². The van der Waals surface area contributed by atoms with E-state index in [0.29, 0.717) is 47.2 Å². The van der Waals surface area contributed by atoms with Crippen molar-refractivity contribution in [2.75, 3.05) is 18.5 Å². The van der Waals surface area contributed by atoms with Gasteiger partial charge < -0.3 is 10.4 Å². The number of tetrazole rings is 1. The Morgan fingerprint density at radius 2 is 2.00 bits per heavy atom. The number of pyridine rings is 2. The summed E-state index contributed by atoms with van der Waals surface area (Å²) in [6, 6.07) is 7.55. The molecule has 0 unspecified atom stereocenters. The Morgan fingerprint density at radius 3 is 2.74 bits per heavy atom. The molecule has 4 heterocycles. The van der Waals surface area contributed by atoms with Crippen molar-refractivity contribution in [2.24, 2.45) is 14.1 Å². The van der Waals surface area contributed by atoms with Gasteiger partial charge in [0.2, 0.25) is 5.82 Å². The number of aliphatic hydroxyl groups is 1. The largest absolute Gasteiger partial charge is 0.394 e. The number of hydrogen-bond donors (Lipinski definition) is 2. The molecule has 4 aromatic heterocycles. The second-order valence-electron chi connectivity index (χ2n) is 8.35. The topological polar surface area (TPSA) is 129 Å². The van der Waals surface area contributed by atoms with Crippen molar-refractivity contribution in [1.29, 1.82) is 0 Å². The summed E-state index contributed by atoms with van der Waals surface area (Å²) < 4.78 is 3.26. The van der Waals surface area contributed by atoms with Gasteiger partial charge in [-0.1, -0.05) is 23.2 Å². The number of halogens is 1. The van der Waals surface area contributed by atoms with Crippen molar-refractivity contribution >= 4 is 39.1 Å². The first kappa shape index (κ1) is 22.9. The van der Waals surface area contributed by atoms with E-state index in [1.807, 2.05) is 19.1 Å². The maximum Gasteiger partial charge on any atom is 0.259 e. The third-order valence-electron chi connectivity index (χ3n) is 5.90. The van der Waals surface area contributed by atoms with E-state index in [4.69, 9.17) is 11.6 Å². The molecule has 35 heavy (non-hydrogen) atoms. The molecule has 0 spiro atoms. The lowest BCUT2D eigenvalue weighted by Gasteiger charge is -2.14. The molecule has 12 heteroatoms. The van der Waals surface area contributed by atoms with Crippen LogP contribution >= 0.6 is 11.6 Å². The zero-order valence-corrected chi connectivity index (χ0v) is 20.3. The summed E-state index contributed by atoms with van der Waals surface area (Å²) in [6.45, 7) is 2.80. The van der Waals surface area contributed by atoms with Crippen LogP contribution in [0.4, 0.5) is 5.69 Å². The Morgan fingerprint density at radius 1 is 1.17 bits per heavy atom. The van der Waals surface area contributed by atoms with Gasteiger partial charge in [0.25, 0.3) is 5.56 Å². The van der Waals surface area contributed by atoms with Gasteiger partial charge in [-0.2, -0.15) is 9.90 Å². The van der Waals surface area contributed by atoms with Crippen LogP contribution in [0.2, 0.25) is 5.15 Å². The SMILES string of the molecule is Cc1cc(CCNc2ccc(Cl)nc2-c2nnn(C)n2)c2c(c1)c(=O)n(C)c1c2cnn1CCO. The number of aromatic nitrogens is 8. The van der Waals surface area contributed by atoms with Gasteiger partial charge in [0.1, 0.15) is 16.5 Å². The van der Waals surface area contributed by atoms with Gasteiger partial charge in [-0.25, -0.2) is 9.67 Å². The van der Waals surface area contributed by atoms with Crippen molar-refractivity contribution in [3.8, 4) is 11.5 Å². The molecule has 11 nitrogen and oxygen atoms in total. The molecule has 0 fully saturated rings. The van der Waals surface area contributed by atoms with Crippen LogP contribution in [0.1, 0.15) is 11.1 Å². The number of hydrogen-bond acceptors (Lipinski definition) is 8. The second-order valence-corrected chi connectivity index (χ2v) is 8.74. The average Bonchev–Trinajstić information content (AvgIpc) is 3.45. The summed E-state index contributed by atoms with van der Waals surface area (Å²) in [5, 5.41) is 32.2. The highest BCUT2D eigenvalue weighted by Gasteiger charge is 2.17. The zero-order valence-electron chi connectivity index (χ0n) is 19.5. The Hall–Kier alpha value is -3.83. The van der Waals surface area contributed by atoms with Gasteiger partial charge in [0.05, 0.1) is 32.1 Å². The number of nitrogens with one attached hydrogen (secondary N) is 1. The third kappa shape index (κ3) is 4.13. The second kappa shape index (κ2) is 9.08. The molecular formula is C23H24ClN9O2. The van der Waals surface area contributed by atoms with Gasteiger partial charge >= 0.3 is 0 Å². The van der Waals surface area contributed by atoms with E-state index in [-0.39, 0.29) is 12.2 Å². The van der Waals surface area contributed by atoms with Crippen LogP contribution in [-0.2, 0) is 27.1 Å². The summed E-state index contributed by atoms with van der Waals surface area (Å²) in [4.78, 5) is 19.0. The van der Waals surface area contributed by atoms with E-state index in [2.05, 4.69) is 36.9 Å². The molecule has 0 amide bonds. The monoisotopic (exact) mass is 493 g/mol. The zero-order chi connectivity index (χ0) is 24.7. The maximum atomic E-state index is 13.2. The van der Waals surface area contributed by atoms with Crippen molar-refractivity contribution in [1.82, 2.24) is 39.5 Å². The number of benzene rings is 1. The standard InChI is InChI=1S/C23H24ClN9O2/c1-13-10-14(6-7-25-17-4-5-18(24)27-20(17)21-28-30-32(3)29-21)19-15(11-13)23(35)31(2)22-16(19)12-26-33(22)8-9-34/h4-5,10-12,25,34H,6-9H2,1-3H3. The summed E-state index contributed by atoms with van der Waals surface area (Å²) in [6.07, 6.45) is 2.40. The molecule has 0 aliphatic heterocycles. The van der Waals surface area contributed by atoms with Gasteiger partial charge in [-0.05, 0) is 42.3 Å². The fraction of sp³-hybridized carbons (Fsp3) is 0.304. The number of nitrogens with zero attached hydrogens (tertiary/aromatic N) is 8. The summed E-state index contributed by atoms with van der Waals surface area (Å²) in [5.74, 6) is 0.375. The fourth-order valence-electron chi connectivity index (χ4n) is 4.45. The molecule has 5 aromatic rings. The number of aliphatic hydroxyl groups excluding tert-OH is 1. The molecule has 0 aliphatic rings. The van der Waals surface area contributed by atoms with E-state index in [1.165, 1.54) is 4.80 Å². The van der Waals surface area contributed by atoms with Gasteiger partial charge in [-0.3, -0.25) is 9.36 Å². The first-order chi connectivity index (χ1) is 16.9. The molecule has 0 saturated carbocycles. The van der Waals surface area contributed by atoms with E-state index in [1.54, 1.807) is 35.6 Å². The molecular weight excluding hydrogens is 470 g/mol. The van der Waals surface area contributed by atoms with Crippen LogP contribution in [0.25, 0.3) is 33.3 Å². The summed E-state index contributed by atoms with van der Waals surface area (Å²) in [5.41, 5.74) is 3.87. The van der Waals surface area contributed by atoms with E-state index >= 15 is 0 Å². The molecule has 1 aromatic carbocycles. The van der Waals surface area contributed by atoms with Crippen LogP contribution in [-0.4, -0.2) is 57.8 Å². The quantitative estimate of drug-likeness (QED) is 0.330. The Bertz CT molecular complexity index is 1620. The number of rotatable bonds is 7. The van der Waals surface area contributed by atoms with Crippen LogP contribution < -0.4 is 10.9 Å².